The standard InChI is InChI=1S/C16H11Cl2F4N5O3/c1-27-12(16(20,21)22)10(18)11(26-27)6-4-9(7(17)5-8(6)19)30-15-24-13(28-2)23-14(25-15)29-3/h4-5H,1-3H3. The van der Waals surface area contributed by atoms with Crippen LogP contribution < -0.4 is 14.2 Å². The van der Waals surface area contributed by atoms with Crippen LogP contribution in [0, 0.1) is 5.82 Å². The highest BCUT2D eigenvalue weighted by molar-refractivity contribution is 6.34. The van der Waals surface area contributed by atoms with Gasteiger partial charge in [0.05, 0.1) is 24.3 Å². The van der Waals surface area contributed by atoms with Crippen molar-refractivity contribution in [2.75, 3.05) is 14.2 Å². The largest absolute Gasteiger partial charge is 0.467 e. The van der Waals surface area contributed by atoms with Crippen LogP contribution in [-0.4, -0.2) is 39.0 Å². The summed E-state index contributed by atoms with van der Waals surface area (Å²) in [7, 11) is 3.62. The summed E-state index contributed by atoms with van der Waals surface area (Å²) in [5, 5.41) is 2.70. The number of hydrogen-bond donors (Lipinski definition) is 0. The summed E-state index contributed by atoms with van der Waals surface area (Å²) in [5.41, 5.74) is -2.06. The molecule has 14 heteroatoms. The van der Waals surface area contributed by atoms with Crippen molar-refractivity contribution in [3.8, 4) is 35.0 Å². The fourth-order valence-corrected chi connectivity index (χ4v) is 2.97. The van der Waals surface area contributed by atoms with E-state index < -0.39 is 28.4 Å². The number of aromatic nitrogens is 5. The molecule has 160 valence electrons. The lowest BCUT2D eigenvalue weighted by molar-refractivity contribution is -0.143. The van der Waals surface area contributed by atoms with Crippen molar-refractivity contribution in [3.63, 3.8) is 0 Å². The second kappa shape index (κ2) is 8.11. The van der Waals surface area contributed by atoms with E-state index in [9.17, 15) is 17.6 Å². The first-order valence-corrected chi connectivity index (χ1v) is 8.61. The molecule has 0 aliphatic carbocycles. The molecule has 0 spiro atoms. The van der Waals surface area contributed by atoms with Gasteiger partial charge in [-0.05, 0) is 12.1 Å². The highest BCUT2D eigenvalue weighted by atomic mass is 35.5. The van der Waals surface area contributed by atoms with Gasteiger partial charge in [0.25, 0.3) is 0 Å². The van der Waals surface area contributed by atoms with Gasteiger partial charge in [-0.3, -0.25) is 4.68 Å². The number of ether oxygens (including phenoxy) is 3. The number of aryl methyl sites for hydroxylation is 1. The fraction of sp³-hybridized carbons (Fsp3) is 0.250. The number of hydrogen-bond acceptors (Lipinski definition) is 7. The van der Waals surface area contributed by atoms with E-state index in [0.29, 0.717) is 4.68 Å². The normalized spacial score (nSPS) is 11.5. The van der Waals surface area contributed by atoms with Crippen molar-refractivity contribution in [2.45, 2.75) is 6.18 Å². The second-order valence-electron chi connectivity index (χ2n) is 5.59. The van der Waals surface area contributed by atoms with Crippen molar-refractivity contribution in [3.05, 3.63) is 33.7 Å². The molecule has 3 rings (SSSR count). The van der Waals surface area contributed by atoms with E-state index in [0.717, 1.165) is 19.2 Å². The van der Waals surface area contributed by atoms with Crippen LogP contribution in [0.2, 0.25) is 10.0 Å². The Labute approximate surface area is 176 Å². The zero-order valence-corrected chi connectivity index (χ0v) is 16.9. The molecule has 2 heterocycles. The van der Waals surface area contributed by atoms with E-state index in [1.807, 2.05) is 0 Å². The van der Waals surface area contributed by atoms with E-state index in [1.165, 1.54) is 14.2 Å². The molecular formula is C16H11Cl2F4N5O3. The molecule has 0 saturated carbocycles. The maximum atomic E-state index is 14.5. The molecule has 0 N–H and O–H groups in total. The third kappa shape index (κ3) is 4.19. The third-order valence-corrected chi connectivity index (χ3v) is 4.33. The first-order chi connectivity index (χ1) is 14.0. The molecule has 0 aliphatic rings. The van der Waals surface area contributed by atoms with E-state index in [2.05, 4.69) is 20.1 Å². The molecule has 30 heavy (non-hydrogen) atoms. The lowest BCUT2D eigenvalue weighted by Crippen LogP contribution is -2.12. The lowest BCUT2D eigenvalue weighted by atomic mass is 10.1. The van der Waals surface area contributed by atoms with E-state index in [1.54, 1.807) is 0 Å². The molecular weight excluding hydrogens is 457 g/mol. The number of methoxy groups -OCH3 is 2. The highest BCUT2D eigenvalue weighted by Gasteiger charge is 2.39. The quantitative estimate of drug-likeness (QED) is 0.509. The average molecular weight is 468 g/mol. The molecule has 0 aliphatic heterocycles. The Morgan fingerprint density at radius 2 is 1.53 bits per heavy atom. The molecule has 0 unspecified atom stereocenters. The molecule has 3 aromatic rings. The van der Waals surface area contributed by atoms with Gasteiger partial charge in [-0.1, -0.05) is 23.2 Å². The van der Waals surface area contributed by atoms with E-state index in [-0.39, 0.29) is 34.4 Å². The van der Waals surface area contributed by atoms with Gasteiger partial charge in [-0.15, -0.1) is 15.0 Å². The van der Waals surface area contributed by atoms with Crippen LogP contribution in [0.25, 0.3) is 11.3 Å². The molecule has 0 radical (unpaired) electrons. The van der Waals surface area contributed by atoms with Gasteiger partial charge in [-0.25, -0.2) is 4.39 Å². The Bertz CT molecular complexity index is 1090. The van der Waals surface area contributed by atoms with Gasteiger partial charge in [0.2, 0.25) is 0 Å². The van der Waals surface area contributed by atoms with Crippen LogP contribution in [0.5, 0.6) is 23.8 Å². The Kier molecular flexibility index (Phi) is 5.90. The lowest BCUT2D eigenvalue weighted by Gasteiger charge is -2.10. The minimum absolute atomic E-state index is 0.141. The van der Waals surface area contributed by atoms with Crippen LogP contribution in [-0.2, 0) is 13.2 Å². The predicted octanol–water partition coefficient (Wildman–Crippen LogP) is 4.55. The highest BCUT2D eigenvalue weighted by Crippen LogP contribution is 2.42. The molecule has 2 aromatic heterocycles. The third-order valence-electron chi connectivity index (χ3n) is 3.67. The van der Waals surface area contributed by atoms with Gasteiger partial charge < -0.3 is 14.2 Å². The van der Waals surface area contributed by atoms with Crippen molar-refractivity contribution in [1.29, 1.82) is 0 Å². The monoisotopic (exact) mass is 467 g/mol. The molecule has 0 amide bonds. The summed E-state index contributed by atoms with van der Waals surface area (Å²) < 4.78 is 69.8. The second-order valence-corrected chi connectivity index (χ2v) is 6.37. The Balaban J connectivity index is 2.09. The molecule has 0 fully saturated rings. The summed E-state index contributed by atoms with van der Waals surface area (Å²) in [4.78, 5) is 11.5. The molecule has 0 saturated heterocycles. The van der Waals surface area contributed by atoms with Crippen LogP contribution in [0.3, 0.4) is 0 Å². The number of nitrogens with zero attached hydrogens (tertiary/aromatic N) is 5. The topological polar surface area (TPSA) is 84.2 Å². The van der Waals surface area contributed by atoms with Crippen molar-refractivity contribution in [1.82, 2.24) is 24.7 Å². The van der Waals surface area contributed by atoms with E-state index in [4.69, 9.17) is 37.4 Å². The molecule has 1 aromatic carbocycles. The van der Waals surface area contributed by atoms with Crippen LogP contribution >= 0.6 is 23.2 Å². The molecule has 8 nitrogen and oxygen atoms in total. The van der Waals surface area contributed by atoms with Gasteiger partial charge in [0, 0.05) is 12.6 Å². The molecule has 0 atom stereocenters. The van der Waals surface area contributed by atoms with Crippen molar-refractivity contribution >= 4 is 23.2 Å². The van der Waals surface area contributed by atoms with Crippen LogP contribution in [0.4, 0.5) is 17.6 Å². The fourth-order valence-electron chi connectivity index (χ4n) is 2.41. The maximum Gasteiger partial charge on any atom is 0.434 e. The summed E-state index contributed by atoms with van der Waals surface area (Å²) in [5.74, 6) is -1.15. The number of alkyl halides is 3. The summed E-state index contributed by atoms with van der Waals surface area (Å²) in [6.07, 6.45) is -4.79. The zero-order chi connectivity index (χ0) is 22.2. The summed E-state index contributed by atoms with van der Waals surface area (Å²) in [6.45, 7) is 0. The number of rotatable bonds is 5. The van der Waals surface area contributed by atoms with Crippen molar-refractivity contribution < 1.29 is 31.8 Å². The number of benzene rings is 1. The Morgan fingerprint density at radius 3 is 2.03 bits per heavy atom. The van der Waals surface area contributed by atoms with Gasteiger partial charge in [0.1, 0.15) is 11.5 Å². The minimum Gasteiger partial charge on any atom is -0.467 e. The first-order valence-electron chi connectivity index (χ1n) is 7.86. The van der Waals surface area contributed by atoms with Crippen molar-refractivity contribution in [2.24, 2.45) is 7.05 Å². The summed E-state index contributed by atoms with van der Waals surface area (Å²) in [6, 6.07) is 1.26. The smallest absolute Gasteiger partial charge is 0.434 e. The first kappa shape index (κ1) is 21.8. The van der Waals surface area contributed by atoms with Gasteiger partial charge in [-0.2, -0.15) is 18.3 Å². The minimum atomic E-state index is -4.79. The van der Waals surface area contributed by atoms with Crippen LogP contribution in [0.1, 0.15) is 5.69 Å². The maximum absolute atomic E-state index is 14.5. The Hall–Kier alpha value is -2.86. The zero-order valence-electron chi connectivity index (χ0n) is 15.4. The van der Waals surface area contributed by atoms with Gasteiger partial charge in [0.15, 0.2) is 11.4 Å². The molecule has 0 bridgehead atoms. The summed E-state index contributed by atoms with van der Waals surface area (Å²) >= 11 is 11.8. The Morgan fingerprint density at radius 1 is 0.967 bits per heavy atom. The number of halogens is 6. The predicted molar refractivity (Wildman–Crippen MR) is 96.6 cm³/mol. The van der Waals surface area contributed by atoms with E-state index >= 15 is 0 Å². The SMILES string of the molecule is COc1nc(OC)nc(Oc2cc(-c3nn(C)c(C(F)(F)F)c3Cl)c(F)cc2Cl)n1. The van der Waals surface area contributed by atoms with Crippen LogP contribution in [0.15, 0.2) is 12.1 Å². The van der Waals surface area contributed by atoms with Gasteiger partial charge >= 0.3 is 24.2 Å². The average Bonchev–Trinajstić information content (AvgIpc) is 2.97.